The maximum Gasteiger partial charge on any atom is 0.250 e. The first-order valence-corrected chi connectivity index (χ1v) is 6.60. The number of rotatable bonds is 3. The Morgan fingerprint density at radius 2 is 1.95 bits per heavy atom. The Kier molecular flexibility index (Phi) is 3.94. The van der Waals surface area contributed by atoms with Crippen molar-refractivity contribution < 1.29 is 9.18 Å². The van der Waals surface area contributed by atoms with E-state index in [1.54, 1.807) is 0 Å². The van der Waals surface area contributed by atoms with Crippen molar-refractivity contribution in [3.8, 4) is 0 Å². The first-order chi connectivity index (χ1) is 9.38. The lowest BCUT2D eigenvalue weighted by Crippen LogP contribution is -2.14. The number of benzene rings is 2. The summed E-state index contributed by atoms with van der Waals surface area (Å²) in [6.45, 7) is 1.89. The standard InChI is InChI=1S/C14H13BrFN3O/c1-7-2-3-8(15)4-12(7)19-13-5-9(14(18)20)11(17)6-10(13)16/h2-6,19H,17H2,1H3,(H2,18,20). The molecule has 1 amide bonds. The zero-order valence-electron chi connectivity index (χ0n) is 10.7. The number of amides is 1. The minimum Gasteiger partial charge on any atom is -0.398 e. The van der Waals surface area contributed by atoms with Crippen LogP contribution >= 0.6 is 15.9 Å². The molecule has 5 N–H and O–H groups in total. The molecule has 0 saturated heterocycles. The molecule has 104 valence electrons. The molecular weight excluding hydrogens is 325 g/mol. The molecule has 6 heteroatoms. The molecule has 0 aromatic heterocycles. The van der Waals surface area contributed by atoms with Crippen LogP contribution in [0.1, 0.15) is 15.9 Å². The number of nitrogens with two attached hydrogens (primary N) is 2. The van der Waals surface area contributed by atoms with Gasteiger partial charge in [0.2, 0.25) is 0 Å². The number of hydrogen-bond donors (Lipinski definition) is 3. The largest absolute Gasteiger partial charge is 0.398 e. The summed E-state index contributed by atoms with van der Waals surface area (Å²) in [6.07, 6.45) is 0. The van der Waals surface area contributed by atoms with Crippen LogP contribution in [-0.2, 0) is 0 Å². The summed E-state index contributed by atoms with van der Waals surface area (Å²) >= 11 is 3.35. The highest BCUT2D eigenvalue weighted by Gasteiger charge is 2.12. The van der Waals surface area contributed by atoms with E-state index in [4.69, 9.17) is 11.5 Å². The summed E-state index contributed by atoms with van der Waals surface area (Å²) in [7, 11) is 0. The average Bonchev–Trinajstić information content (AvgIpc) is 2.36. The van der Waals surface area contributed by atoms with Crippen LogP contribution in [0.3, 0.4) is 0 Å². The van der Waals surface area contributed by atoms with E-state index in [2.05, 4.69) is 21.2 Å². The second kappa shape index (κ2) is 5.50. The molecule has 4 nitrogen and oxygen atoms in total. The van der Waals surface area contributed by atoms with Crippen molar-refractivity contribution in [3.63, 3.8) is 0 Å². The number of aryl methyl sites for hydroxylation is 1. The quantitative estimate of drug-likeness (QED) is 0.751. The van der Waals surface area contributed by atoms with Gasteiger partial charge in [-0.25, -0.2) is 4.39 Å². The third-order valence-electron chi connectivity index (χ3n) is 2.87. The van der Waals surface area contributed by atoms with Crippen LogP contribution in [0.15, 0.2) is 34.8 Å². The van der Waals surface area contributed by atoms with Crippen molar-refractivity contribution in [1.29, 1.82) is 0 Å². The Morgan fingerprint density at radius 1 is 1.25 bits per heavy atom. The molecule has 0 bridgehead atoms. The minimum atomic E-state index is -0.698. The number of carbonyl (C=O) groups excluding carboxylic acids is 1. The highest BCUT2D eigenvalue weighted by molar-refractivity contribution is 9.10. The van der Waals surface area contributed by atoms with Gasteiger partial charge in [-0.1, -0.05) is 22.0 Å². The zero-order chi connectivity index (χ0) is 14.9. The molecule has 0 aliphatic carbocycles. The van der Waals surface area contributed by atoms with Crippen LogP contribution in [0.2, 0.25) is 0 Å². The maximum absolute atomic E-state index is 13.9. The van der Waals surface area contributed by atoms with Gasteiger partial charge in [0.1, 0.15) is 5.82 Å². The van der Waals surface area contributed by atoms with Crippen molar-refractivity contribution >= 4 is 38.9 Å². The Hall–Kier alpha value is -2.08. The molecule has 0 unspecified atom stereocenters. The molecule has 0 aliphatic heterocycles. The van der Waals surface area contributed by atoms with Crippen LogP contribution in [0.5, 0.6) is 0 Å². The van der Waals surface area contributed by atoms with Gasteiger partial charge in [-0.2, -0.15) is 0 Å². The normalized spacial score (nSPS) is 10.3. The summed E-state index contributed by atoms with van der Waals surface area (Å²) in [4.78, 5) is 11.2. The third kappa shape index (κ3) is 2.91. The fourth-order valence-corrected chi connectivity index (χ4v) is 2.13. The van der Waals surface area contributed by atoms with Gasteiger partial charge in [-0.15, -0.1) is 0 Å². The number of carbonyl (C=O) groups is 1. The second-order valence-corrected chi connectivity index (χ2v) is 5.28. The van der Waals surface area contributed by atoms with E-state index in [1.807, 2.05) is 25.1 Å². The van der Waals surface area contributed by atoms with E-state index in [-0.39, 0.29) is 16.9 Å². The van der Waals surface area contributed by atoms with E-state index in [0.717, 1.165) is 21.8 Å². The van der Waals surface area contributed by atoms with Gasteiger partial charge in [0.25, 0.3) is 5.91 Å². The summed E-state index contributed by atoms with van der Waals surface area (Å²) in [5.41, 5.74) is 12.7. The summed E-state index contributed by atoms with van der Waals surface area (Å²) in [5, 5.41) is 2.94. The first-order valence-electron chi connectivity index (χ1n) is 5.80. The van der Waals surface area contributed by atoms with E-state index >= 15 is 0 Å². The topological polar surface area (TPSA) is 81.1 Å². The molecule has 0 atom stereocenters. The van der Waals surface area contributed by atoms with Gasteiger partial charge in [0.05, 0.1) is 11.3 Å². The van der Waals surface area contributed by atoms with Crippen LogP contribution in [-0.4, -0.2) is 5.91 Å². The molecule has 2 aromatic rings. The number of hydrogen-bond acceptors (Lipinski definition) is 3. The maximum atomic E-state index is 13.9. The summed E-state index contributed by atoms with van der Waals surface area (Å²) in [6, 6.07) is 7.98. The van der Waals surface area contributed by atoms with Crippen molar-refractivity contribution in [3.05, 3.63) is 51.7 Å². The highest BCUT2D eigenvalue weighted by atomic mass is 79.9. The van der Waals surface area contributed by atoms with Gasteiger partial charge in [0, 0.05) is 15.8 Å². The van der Waals surface area contributed by atoms with Crippen molar-refractivity contribution in [1.82, 2.24) is 0 Å². The van der Waals surface area contributed by atoms with Gasteiger partial charge in [0.15, 0.2) is 0 Å². The van der Waals surface area contributed by atoms with Gasteiger partial charge in [-0.05, 0) is 36.8 Å². The molecule has 0 spiro atoms. The smallest absolute Gasteiger partial charge is 0.250 e. The molecule has 0 saturated carbocycles. The van der Waals surface area contributed by atoms with E-state index in [0.29, 0.717) is 0 Å². The van der Waals surface area contributed by atoms with Crippen molar-refractivity contribution in [2.75, 3.05) is 11.1 Å². The molecule has 0 aliphatic rings. The number of primary amides is 1. The zero-order valence-corrected chi connectivity index (χ0v) is 12.3. The SMILES string of the molecule is Cc1ccc(Br)cc1Nc1cc(C(N)=O)c(N)cc1F. The third-order valence-corrected chi connectivity index (χ3v) is 3.37. The van der Waals surface area contributed by atoms with E-state index in [9.17, 15) is 9.18 Å². The Morgan fingerprint density at radius 3 is 2.60 bits per heavy atom. The molecule has 0 fully saturated rings. The van der Waals surface area contributed by atoms with Gasteiger partial charge >= 0.3 is 0 Å². The van der Waals surface area contributed by atoms with Crippen molar-refractivity contribution in [2.45, 2.75) is 6.92 Å². The molecule has 2 aromatic carbocycles. The fraction of sp³-hybridized carbons (Fsp3) is 0.0714. The van der Waals surface area contributed by atoms with E-state index < -0.39 is 11.7 Å². The van der Waals surface area contributed by atoms with Crippen LogP contribution < -0.4 is 16.8 Å². The number of anilines is 3. The lowest BCUT2D eigenvalue weighted by Gasteiger charge is -2.13. The Balaban J connectivity index is 2.45. The predicted molar refractivity (Wildman–Crippen MR) is 81.5 cm³/mol. The molecule has 0 radical (unpaired) electrons. The average molecular weight is 338 g/mol. The molecule has 2 rings (SSSR count). The predicted octanol–water partition coefficient (Wildman–Crippen LogP) is 3.32. The molecular formula is C14H13BrFN3O. The van der Waals surface area contributed by atoms with Gasteiger partial charge in [-0.3, -0.25) is 4.79 Å². The summed E-state index contributed by atoms with van der Waals surface area (Å²) < 4.78 is 14.8. The van der Waals surface area contributed by atoms with Crippen LogP contribution in [0.25, 0.3) is 0 Å². The van der Waals surface area contributed by atoms with Crippen LogP contribution in [0, 0.1) is 12.7 Å². The second-order valence-electron chi connectivity index (χ2n) is 4.37. The fourth-order valence-electron chi connectivity index (χ4n) is 1.77. The summed E-state index contributed by atoms with van der Waals surface area (Å²) in [5.74, 6) is -1.25. The first kappa shape index (κ1) is 14.3. The number of nitrogen functional groups attached to an aromatic ring is 1. The lowest BCUT2D eigenvalue weighted by molar-refractivity contribution is 0.100. The number of nitrogens with one attached hydrogen (secondary N) is 1. The minimum absolute atomic E-state index is 0.0199. The van der Waals surface area contributed by atoms with Crippen molar-refractivity contribution in [2.24, 2.45) is 5.73 Å². The highest BCUT2D eigenvalue weighted by Crippen LogP contribution is 2.28. The monoisotopic (exact) mass is 337 g/mol. The Labute approximate surface area is 124 Å². The lowest BCUT2D eigenvalue weighted by atomic mass is 10.1. The molecule has 20 heavy (non-hydrogen) atoms. The van der Waals surface area contributed by atoms with Gasteiger partial charge < -0.3 is 16.8 Å². The van der Waals surface area contributed by atoms with E-state index in [1.165, 1.54) is 6.07 Å². The Bertz CT molecular complexity index is 688. The number of halogens is 2. The molecule has 0 heterocycles. The van der Waals surface area contributed by atoms with Crippen LogP contribution in [0.4, 0.5) is 21.5 Å².